The number of carbonyl (C=O) groups is 1. The molecular weight excluding hydrogens is 443 g/mol. The Balaban J connectivity index is 1.66. The zero-order valence-corrected chi connectivity index (χ0v) is 16.7. The van der Waals surface area contributed by atoms with Crippen molar-refractivity contribution in [1.82, 2.24) is 15.5 Å². The highest BCUT2D eigenvalue weighted by Gasteiger charge is 2.43. The third-order valence-electron chi connectivity index (χ3n) is 5.14. The summed E-state index contributed by atoms with van der Waals surface area (Å²) in [4.78, 5) is 14.2. The van der Waals surface area contributed by atoms with E-state index in [1.165, 1.54) is 17.0 Å². The van der Waals surface area contributed by atoms with Gasteiger partial charge in [-0.2, -0.15) is 26.3 Å². The second kappa shape index (κ2) is 9.35. The molecule has 11 heteroatoms. The Morgan fingerprint density at radius 3 is 2.28 bits per heavy atom. The summed E-state index contributed by atoms with van der Waals surface area (Å²) in [6.45, 7) is 1.25. The van der Waals surface area contributed by atoms with Crippen LogP contribution >= 0.6 is 0 Å². The fourth-order valence-electron chi connectivity index (χ4n) is 3.57. The van der Waals surface area contributed by atoms with Crippen LogP contribution in [0.1, 0.15) is 28.3 Å². The van der Waals surface area contributed by atoms with Crippen LogP contribution in [-0.4, -0.2) is 37.1 Å². The summed E-state index contributed by atoms with van der Waals surface area (Å²) in [5.74, 6) is -0.414. The van der Waals surface area contributed by atoms with E-state index < -0.39 is 35.3 Å². The summed E-state index contributed by atoms with van der Waals surface area (Å²) in [6, 6.07) is 6.68. The van der Waals surface area contributed by atoms with Crippen LogP contribution in [0.2, 0.25) is 0 Å². The number of amides is 2. The summed E-state index contributed by atoms with van der Waals surface area (Å²) in [5.41, 5.74) is -2.78. The number of rotatable bonds is 4. The van der Waals surface area contributed by atoms with Gasteiger partial charge in [-0.3, -0.25) is 0 Å². The average Bonchev–Trinajstić information content (AvgIpc) is 2.73. The van der Waals surface area contributed by atoms with Crippen LogP contribution in [0.4, 0.5) is 35.5 Å². The van der Waals surface area contributed by atoms with Gasteiger partial charge < -0.3 is 15.5 Å². The molecule has 4 nitrogen and oxygen atoms in total. The molecule has 1 fully saturated rings. The van der Waals surface area contributed by atoms with Gasteiger partial charge in [0.15, 0.2) is 0 Å². The van der Waals surface area contributed by atoms with E-state index >= 15 is 0 Å². The van der Waals surface area contributed by atoms with Gasteiger partial charge >= 0.3 is 18.4 Å². The molecule has 1 atom stereocenters. The summed E-state index contributed by atoms with van der Waals surface area (Å²) < 4.78 is 91.1. The Morgan fingerprint density at radius 2 is 1.66 bits per heavy atom. The molecule has 0 radical (unpaired) electrons. The van der Waals surface area contributed by atoms with Crippen LogP contribution in [0, 0.1) is 5.82 Å². The lowest BCUT2D eigenvalue weighted by molar-refractivity contribution is -0.162. The van der Waals surface area contributed by atoms with E-state index in [2.05, 4.69) is 10.6 Å². The van der Waals surface area contributed by atoms with Crippen LogP contribution in [0.5, 0.6) is 0 Å². The summed E-state index contributed by atoms with van der Waals surface area (Å²) >= 11 is 0. The second-order valence-electron chi connectivity index (χ2n) is 7.32. The fraction of sp³-hybridized carbons (Fsp3) is 0.381. The van der Waals surface area contributed by atoms with E-state index in [9.17, 15) is 35.5 Å². The molecular formula is C21H20F7N3O. The number of carbonyl (C=O) groups excluding carboxylic acids is 1. The smallest absolute Gasteiger partial charge is 0.338 e. The number of hydrogen-bond acceptors (Lipinski definition) is 2. The van der Waals surface area contributed by atoms with Crippen molar-refractivity contribution in [2.75, 3.05) is 26.2 Å². The first kappa shape index (κ1) is 23.8. The number of nitrogens with zero attached hydrogens (tertiary/aromatic N) is 1. The van der Waals surface area contributed by atoms with Gasteiger partial charge in [0.1, 0.15) is 5.82 Å². The third kappa shape index (κ3) is 5.70. The quantitative estimate of drug-likeness (QED) is 0.643. The Bertz CT molecular complexity index is 942. The number of benzene rings is 2. The van der Waals surface area contributed by atoms with Crippen LogP contribution in [-0.2, 0) is 18.8 Å². The Labute approximate surface area is 179 Å². The van der Waals surface area contributed by atoms with Gasteiger partial charge in [0.05, 0.1) is 17.2 Å². The number of nitrogens with one attached hydrogen (secondary N) is 2. The van der Waals surface area contributed by atoms with Crippen molar-refractivity contribution in [2.24, 2.45) is 0 Å². The van der Waals surface area contributed by atoms with Gasteiger partial charge in [0.25, 0.3) is 0 Å². The van der Waals surface area contributed by atoms with Gasteiger partial charge in [-0.05, 0) is 41.8 Å². The topological polar surface area (TPSA) is 44.4 Å². The monoisotopic (exact) mass is 463 g/mol. The maximum Gasteiger partial charge on any atom is 0.417 e. The average molecular weight is 463 g/mol. The molecule has 3 rings (SSSR count). The van der Waals surface area contributed by atoms with E-state index in [-0.39, 0.29) is 24.6 Å². The molecule has 2 amide bonds. The Hall–Kier alpha value is -2.82. The van der Waals surface area contributed by atoms with E-state index in [0.717, 1.165) is 6.07 Å². The summed E-state index contributed by atoms with van der Waals surface area (Å²) in [5, 5.41) is 5.74. The van der Waals surface area contributed by atoms with Crippen LogP contribution in [0.15, 0.2) is 42.5 Å². The number of piperazine rings is 1. The molecule has 1 aliphatic heterocycles. The lowest BCUT2D eigenvalue weighted by Crippen LogP contribution is -2.52. The van der Waals surface area contributed by atoms with E-state index in [4.69, 9.17) is 0 Å². The largest absolute Gasteiger partial charge is 0.417 e. The zero-order valence-electron chi connectivity index (χ0n) is 16.7. The van der Waals surface area contributed by atoms with Gasteiger partial charge in [-0.25, -0.2) is 9.18 Å². The van der Waals surface area contributed by atoms with E-state index in [1.54, 1.807) is 12.1 Å². The third-order valence-corrected chi connectivity index (χ3v) is 5.14. The molecule has 1 heterocycles. The molecule has 32 heavy (non-hydrogen) atoms. The predicted molar refractivity (Wildman–Crippen MR) is 102 cm³/mol. The number of alkyl halides is 6. The molecule has 0 saturated carbocycles. The molecule has 2 N–H and O–H groups in total. The lowest BCUT2D eigenvalue weighted by atomic mass is 10.0. The summed E-state index contributed by atoms with van der Waals surface area (Å²) in [7, 11) is 0. The molecule has 174 valence electrons. The minimum Gasteiger partial charge on any atom is -0.338 e. The van der Waals surface area contributed by atoms with Crippen LogP contribution in [0.3, 0.4) is 0 Å². The highest BCUT2D eigenvalue weighted by Crippen LogP contribution is 2.40. The summed E-state index contributed by atoms with van der Waals surface area (Å²) in [6.07, 6.45) is -10.4. The van der Waals surface area contributed by atoms with Crippen LogP contribution < -0.4 is 10.6 Å². The molecule has 2 aromatic carbocycles. The maximum absolute atomic E-state index is 13.2. The molecule has 2 aromatic rings. The van der Waals surface area contributed by atoms with Crippen molar-refractivity contribution in [3.05, 3.63) is 70.5 Å². The molecule has 0 aromatic heterocycles. The van der Waals surface area contributed by atoms with Crippen molar-refractivity contribution in [1.29, 1.82) is 0 Å². The minimum absolute atomic E-state index is 0.0148. The molecule has 1 aliphatic rings. The maximum atomic E-state index is 13.2. The number of urea groups is 1. The number of hydrogen-bond donors (Lipinski definition) is 2. The standard InChI is InChI=1S/C21H20F7N3O/c22-15-4-2-14(3-5-15)18-12-29-9-10-31(18)19(32)30-8-7-13-1-6-16(20(23,24)25)17(11-13)21(26,27)28/h1-6,11,18,29H,7-10,12H2,(H,30,32). The fourth-order valence-corrected chi connectivity index (χ4v) is 3.57. The van der Waals surface area contributed by atoms with Crippen molar-refractivity contribution in [2.45, 2.75) is 24.8 Å². The molecule has 1 saturated heterocycles. The molecule has 1 unspecified atom stereocenters. The highest BCUT2D eigenvalue weighted by molar-refractivity contribution is 5.75. The van der Waals surface area contributed by atoms with Crippen molar-refractivity contribution >= 4 is 6.03 Å². The number of halogens is 7. The van der Waals surface area contributed by atoms with Gasteiger partial charge in [-0.15, -0.1) is 0 Å². The van der Waals surface area contributed by atoms with Gasteiger partial charge in [0.2, 0.25) is 0 Å². The zero-order chi connectivity index (χ0) is 23.5. The van der Waals surface area contributed by atoms with Crippen molar-refractivity contribution in [3.63, 3.8) is 0 Å². The first-order valence-corrected chi connectivity index (χ1v) is 9.75. The second-order valence-corrected chi connectivity index (χ2v) is 7.32. The van der Waals surface area contributed by atoms with Crippen molar-refractivity contribution in [3.8, 4) is 0 Å². The first-order chi connectivity index (χ1) is 15.0. The van der Waals surface area contributed by atoms with Gasteiger partial charge in [-0.1, -0.05) is 18.2 Å². The Kier molecular flexibility index (Phi) is 6.97. The lowest BCUT2D eigenvalue weighted by Gasteiger charge is -2.36. The SMILES string of the molecule is O=C(NCCc1ccc(C(F)(F)F)c(C(F)(F)F)c1)N1CCNCC1c1ccc(F)cc1. The van der Waals surface area contributed by atoms with E-state index in [1.807, 2.05) is 0 Å². The molecule has 0 aliphatic carbocycles. The van der Waals surface area contributed by atoms with Crippen LogP contribution in [0.25, 0.3) is 0 Å². The highest BCUT2D eigenvalue weighted by atomic mass is 19.4. The molecule has 0 spiro atoms. The first-order valence-electron chi connectivity index (χ1n) is 9.75. The van der Waals surface area contributed by atoms with E-state index in [0.29, 0.717) is 37.3 Å². The van der Waals surface area contributed by atoms with Gasteiger partial charge in [0, 0.05) is 26.2 Å². The van der Waals surface area contributed by atoms with Crippen molar-refractivity contribution < 1.29 is 35.5 Å². The Morgan fingerprint density at radius 1 is 1.00 bits per heavy atom. The molecule has 0 bridgehead atoms. The minimum atomic E-state index is -5.16. The predicted octanol–water partition coefficient (Wildman–Crippen LogP) is 4.76. The normalized spacial score (nSPS) is 17.3.